The molecule has 226 valence electrons. The number of likely N-dealkylation sites (tertiary alicyclic amines) is 1. The fourth-order valence-electron chi connectivity index (χ4n) is 6.10. The standard InChI is InChI=1S/C36H34N6O3/c1-23-17-33-37-21-29-19-30(26-5-3-2-4-6-26)34(39-35(29)42(33)40-23)27-10-7-24(8-11-27)22-41-15-13-28(14-16-41)36(45)38-20-25-9-12-31(43)32(44)18-25/h2-12,17-19,21,28,43-44H,13-16,20,22H2,1H3,(H,38,45). The van der Waals surface area contributed by atoms with Crippen LogP contribution >= 0.6 is 0 Å². The van der Waals surface area contributed by atoms with Gasteiger partial charge in [0.2, 0.25) is 5.91 Å². The second-order valence-corrected chi connectivity index (χ2v) is 11.8. The summed E-state index contributed by atoms with van der Waals surface area (Å²) < 4.78 is 1.82. The maximum absolute atomic E-state index is 12.8. The van der Waals surface area contributed by atoms with Crippen molar-refractivity contribution in [2.75, 3.05) is 13.1 Å². The number of benzene rings is 3. The van der Waals surface area contributed by atoms with Crippen molar-refractivity contribution >= 4 is 22.6 Å². The van der Waals surface area contributed by atoms with E-state index in [0.29, 0.717) is 6.54 Å². The number of pyridine rings is 1. The number of phenolic OH excluding ortho intramolecular Hbond substituents is 2. The number of hydrogen-bond acceptors (Lipinski definition) is 7. The van der Waals surface area contributed by atoms with E-state index in [1.807, 2.05) is 41.9 Å². The van der Waals surface area contributed by atoms with E-state index in [4.69, 9.17) is 4.98 Å². The summed E-state index contributed by atoms with van der Waals surface area (Å²) in [5, 5.41) is 27.7. The molecule has 45 heavy (non-hydrogen) atoms. The average Bonchev–Trinajstić information content (AvgIpc) is 3.46. The van der Waals surface area contributed by atoms with Crippen molar-refractivity contribution in [2.45, 2.75) is 32.9 Å². The summed E-state index contributed by atoms with van der Waals surface area (Å²) in [5.41, 5.74) is 8.48. The van der Waals surface area contributed by atoms with Crippen LogP contribution in [0.1, 0.15) is 29.7 Å². The lowest BCUT2D eigenvalue weighted by atomic mass is 9.95. The molecule has 9 heteroatoms. The lowest BCUT2D eigenvalue weighted by molar-refractivity contribution is -0.126. The first-order valence-electron chi connectivity index (χ1n) is 15.2. The number of aromatic nitrogens is 4. The van der Waals surface area contributed by atoms with Gasteiger partial charge in [0, 0.05) is 47.8 Å². The first kappa shape index (κ1) is 28.5. The zero-order chi connectivity index (χ0) is 30.9. The number of rotatable bonds is 7. The second-order valence-electron chi connectivity index (χ2n) is 11.8. The number of aromatic hydroxyl groups is 2. The van der Waals surface area contributed by atoms with Crippen LogP contribution < -0.4 is 5.32 Å². The summed E-state index contributed by atoms with van der Waals surface area (Å²) in [4.78, 5) is 24.9. The molecule has 1 aliphatic heterocycles. The van der Waals surface area contributed by atoms with Crippen molar-refractivity contribution in [3.05, 3.63) is 108 Å². The van der Waals surface area contributed by atoms with Crippen molar-refractivity contribution in [3.8, 4) is 33.9 Å². The van der Waals surface area contributed by atoms with E-state index in [1.54, 1.807) is 6.07 Å². The van der Waals surface area contributed by atoms with Gasteiger partial charge in [0.05, 0.1) is 11.4 Å². The van der Waals surface area contributed by atoms with Crippen LogP contribution in [0.25, 0.3) is 39.1 Å². The molecule has 3 aromatic heterocycles. The zero-order valence-electron chi connectivity index (χ0n) is 25.0. The number of carbonyl (C=O) groups excluding carboxylic acids is 1. The summed E-state index contributed by atoms with van der Waals surface area (Å²) >= 11 is 0. The van der Waals surface area contributed by atoms with Gasteiger partial charge in [-0.2, -0.15) is 9.61 Å². The molecular weight excluding hydrogens is 564 g/mol. The van der Waals surface area contributed by atoms with Crippen molar-refractivity contribution in [1.29, 1.82) is 0 Å². The summed E-state index contributed by atoms with van der Waals surface area (Å²) in [6.07, 6.45) is 3.46. The molecule has 6 aromatic rings. The summed E-state index contributed by atoms with van der Waals surface area (Å²) in [6, 6.07) is 27.6. The normalized spacial score (nSPS) is 14.2. The van der Waals surface area contributed by atoms with E-state index in [-0.39, 0.29) is 23.3 Å². The molecule has 0 unspecified atom stereocenters. The van der Waals surface area contributed by atoms with Gasteiger partial charge in [-0.1, -0.05) is 60.7 Å². The van der Waals surface area contributed by atoms with E-state index in [2.05, 4.69) is 62.8 Å². The highest BCUT2D eigenvalue weighted by atomic mass is 16.3. The molecule has 1 fully saturated rings. The highest BCUT2D eigenvalue weighted by molar-refractivity contribution is 5.90. The number of nitrogens with zero attached hydrogens (tertiary/aromatic N) is 5. The van der Waals surface area contributed by atoms with Gasteiger partial charge in [0.25, 0.3) is 0 Å². The molecule has 3 aromatic carbocycles. The lowest BCUT2D eigenvalue weighted by Gasteiger charge is -2.31. The van der Waals surface area contributed by atoms with Gasteiger partial charge < -0.3 is 15.5 Å². The molecule has 1 aliphatic rings. The second kappa shape index (κ2) is 12.0. The van der Waals surface area contributed by atoms with Gasteiger partial charge in [-0.15, -0.1) is 0 Å². The van der Waals surface area contributed by atoms with Crippen LogP contribution in [0.5, 0.6) is 11.5 Å². The van der Waals surface area contributed by atoms with E-state index in [0.717, 1.165) is 82.8 Å². The van der Waals surface area contributed by atoms with Crippen LogP contribution in [-0.2, 0) is 17.9 Å². The van der Waals surface area contributed by atoms with Crippen LogP contribution in [-0.4, -0.2) is 53.7 Å². The highest BCUT2D eigenvalue weighted by Crippen LogP contribution is 2.34. The molecule has 7 rings (SSSR count). The van der Waals surface area contributed by atoms with E-state index >= 15 is 0 Å². The van der Waals surface area contributed by atoms with Crippen LogP contribution in [0.15, 0.2) is 91.1 Å². The maximum Gasteiger partial charge on any atom is 0.223 e. The minimum absolute atomic E-state index is 0.0296. The number of fused-ring (bicyclic) bond motifs is 3. The fraction of sp³-hybridized carbons (Fsp3) is 0.222. The van der Waals surface area contributed by atoms with Gasteiger partial charge >= 0.3 is 0 Å². The van der Waals surface area contributed by atoms with E-state index < -0.39 is 0 Å². The quantitative estimate of drug-likeness (QED) is 0.197. The molecule has 0 spiro atoms. The predicted molar refractivity (Wildman–Crippen MR) is 174 cm³/mol. The first-order valence-corrected chi connectivity index (χ1v) is 15.2. The maximum atomic E-state index is 12.8. The summed E-state index contributed by atoms with van der Waals surface area (Å²) in [5.74, 6) is -0.359. The molecule has 3 N–H and O–H groups in total. The molecule has 0 radical (unpaired) electrons. The Kier molecular flexibility index (Phi) is 7.61. The lowest BCUT2D eigenvalue weighted by Crippen LogP contribution is -2.40. The largest absolute Gasteiger partial charge is 0.504 e. The number of carbonyl (C=O) groups is 1. The van der Waals surface area contributed by atoms with Crippen LogP contribution in [0.4, 0.5) is 0 Å². The SMILES string of the molecule is Cc1cc2ncc3cc(-c4ccccc4)c(-c4ccc(CN5CCC(C(=O)NCc6ccc(O)c(O)c6)CC5)cc4)nc3n2n1. The smallest absolute Gasteiger partial charge is 0.223 e. The Bertz CT molecular complexity index is 2000. The van der Waals surface area contributed by atoms with Gasteiger partial charge in [-0.05, 0) is 67.7 Å². The highest BCUT2D eigenvalue weighted by Gasteiger charge is 2.25. The molecule has 0 atom stereocenters. The van der Waals surface area contributed by atoms with Crippen molar-refractivity contribution in [3.63, 3.8) is 0 Å². The van der Waals surface area contributed by atoms with Crippen molar-refractivity contribution in [1.82, 2.24) is 29.8 Å². The summed E-state index contributed by atoms with van der Waals surface area (Å²) in [7, 11) is 0. The van der Waals surface area contributed by atoms with Crippen molar-refractivity contribution < 1.29 is 15.0 Å². The number of phenols is 2. The predicted octanol–water partition coefficient (Wildman–Crippen LogP) is 5.86. The van der Waals surface area contributed by atoms with Gasteiger partial charge in [0.1, 0.15) is 0 Å². The summed E-state index contributed by atoms with van der Waals surface area (Å²) in [6.45, 7) is 4.79. The number of nitrogens with one attached hydrogen (secondary N) is 1. The molecule has 4 heterocycles. The monoisotopic (exact) mass is 598 g/mol. The van der Waals surface area contributed by atoms with Gasteiger partial charge in [0.15, 0.2) is 22.8 Å². The Balaban J connectivity index is 1.05. The Morgan fingerprint density at radius 3 is 2.40 bits per heavy atom. The molecule has 0 bridgehead atoms. The van der Waals surface area contributed by atoms with Gasteiger partial charge in [-0.3, -0.25) is 9.69 Å². The van der Waals surface area contributed by atoms with Gasteiger partial charge in [-0.25, -0.2) is 9.97 Å². The zero-order valence-corrected chi connectivity index (χ0v) is 25.0. The third kappa shape index (κ3) is 5.94. The number of piperidine rings is 1. The Hall–Kier alpha value is -5.28. The molecule has 1 saturated heterocycles. The van der Waals surface area contributed by atoms with E-state index in [9.17, 15) is 15.0 Å². The third-order valence-corrected chi connectivity index (χ3v) is 8.56. The van der Waals surface area contributed by atoms with Crippen LogP contribution in [0.2, 0.25) is 0 Å². The molecular formula is C36H34N6O3. The third-order valence-electron chi connectivity index (χ3n) is 8.56. The molecule has 0 saturated carbocycles. The first-order chi connectivity index (χ1) is 21.9. The molecule has 1 amide bonds. The average molecular weight is 599 g/mol. The topological polar surface area (TPSA) is 116 Å². The Morgan fingerprint density at radius 2 is 1.64 bits per heavy atom. The Morgan fingerprint density at radius 1 is 0.889 bits per heavy atom. The minimum atomic E-state index is -0.184. The number of aryl methyl sites for hydroxylation is 1. The van der Waals surface area contributed by atoms with Crippen LogP contribution in [0, 0.1) is 12.8 Å². The number of hydrogen-bond donors (Lipinski definition) is 3. The fourth-order valence-corrected chi connectivity index (χ4v) is 6.10. The molecule has 9 nitrogen and oxygen atoms in total. The van der Waals surface area contributed by atoms with Crippen molar-refractivity contribution in [2.24, 2.45) is 5.92 Å². The number of amides is 1. The van der Waals surface area contributed by atoms with E-state index in [1.165, 1.54) is 17.7 Å². The van der Waals surface area contributed by atoms with Crippen LogP contribution in [0.3, 0.4) is 0 Å². The Labute approximate surface area is 260 Å². The molecule has 0 aliphatic carbocycles. The minimum Gasteiger partial charge on any atom is -0.504 e.